The van der Waals surface area contributed by atoms with Crippen molar-refractivity contribution >= 4 is 54.6 Å². The van der Waals surface area contributed by atoms with Crippen LogP contribution in [0.2, 0.25) is 0 Å². The Morgan fingerprint density at radius 1 is 0.289 bits per heavy atom. The second-order valence-electron chi connectivity index (χ2n) is 9.41. The predicted molar refractivity (Wildman–Crippen MR) is 185 cm³/mol. The summed E-state index contributed by atoms with van der Waals surface area (Å²) in [6.45, 7) is 0. The predicted octanol–water partition coefficient (Wildman–Crippen LogP) is 6.31. The maximum atomic E-state index is 9.31. The average Bonchev–Trinajstić information content (AvgIpc) is 3.07. The number of nitrogens with zero attached hydrogens (tertiary/aromatic N) is 4. The first kappa shape index (κ1) is 31.9. The van der Waals surface area contributed by atoms with Gasteiger partial charge in [0.25, 0.3) is 0 Å². The van der Waals surface area contributed by atoms with Gasteiger partial charge in [0.15, 0.2) is 0 Å². The number of aromatic nitrogens is 4. The molecule has 0 saturated carbocycles. The molecule has 0 unspecified atom stereocenters. The van der Waals surface area contributed by atoms with Crippen LogP contribution < -0.4 is 0 Å². The molecule has 0 bridgehead atoms. The van der Waals surface area contributed by atoms with Gasteiger partial charge in [-0.2, -0.15) is 0 Å². The maximum absolute atomic E-state index is 9.31. The molecule has 0 atom stereocenters. The fourth-order valence-electron chi connectivity index (χ4n) is 4.35. The third kappa shape index (κ3) is 8.07. The van der Waals surface area contributed by atoms with Gasteiger partial charge < -0.3 is 20.4 Å². The summed E-state index contributed by atoms with van der Waals surface area (Å²) >= 11 is 0. The van der Waals surface area contributed by atoms with Crippen molar-refractivity contribution in [3.63, 3.8) is 0 Å². The number of hydrogen-bond donors (Lipinski definition) is 4. The normalized spacial score (nSPS) is 9.96. The molecule has 0 amide bonds. The van der Waals surface area contributed by atoms with Crippen LogP contribution in [0.5, 0.6) is 23.0 Å². The highest BCUT2D eigenvalue weighted by molar-refractivity contribution is 5.85. The van der Waals surface area contributed by atoms with E-state index in [2.05, 4.69) is 19.9 Å². The van der Waals surface area contributed by atoms with Gasteiger partial charge in [0, 0.05) is 46.3 Å². The molecule has 8 aromatic rings. The fraction of sp³-hybridized carbons (Fsp3) is 0. The van der Waals surface area contributed by atoms with Gasteiger partial charge in [-0.3, -0.25) is 19.9 Å². The van der Waals surface area contributed by atoms with Gasteiger partial charge in [-0.25, -0.2) is 0 Å². The zero-order valence-electron chi connectivity index (χ0n) is 23.4. The van der Waals surface area contributed by atoms with Crippen LogP contribution >= 0.6 is 0 Å². The zero-order valence-corrected chi connectivity index (χ0v) is 23.4. The highest BCUT2D eigenvalue weighted by Crippen LogP contribution is 2.23. The Kier molecular flexibility index (Phi) is 10.9. The number of phenols is 4. The Bertz CT molecular complexity index is 1830. The standard InChI is InChI=1S/4C9H7NO.H4Si/c4*11-8-5-1-3-7-4-2-6-10-9(7)8;/h4*1-6,11H;1H4. The fourth-order valence-corrected chi connectivity index (χ4v) is 4.35. The van der Waals surface area contributed by atoms with E-state index < -0.39 is 0 Å². The Balaban J connectivity index is 0.000000136. The van der Waals surface area contributed by atoms with E-state index in [9.17, 15) is 20.4 Å². The number of rotatable bonds is 0. The molecule has 0 spiro atoms. The number of benzene rings is 4. The van der Waals surface area contributed by atoms with E-state index in [1.807, 2.05) is 72.8 Å². The summed E-state index contributed by atoms with van der Waals surface area (Å²) in [6, 6.07) is 36.5. The van der Waals surface area contributed by atoms with Gasteiger partial charge in [-0.1, -0.05) is 72.8 Å². The van der Waals surface area contributed by atoms with E-state index >= 15 is 0 Å². The molecule has 0 aliphatic rings. The van der Waals surface area contributed by atoms with Crippen LogP contribution in [0.3, 0.4) is 0 Å². The summed E-state index contributed by atoms with van der Waals surface area (Å²) < 4.78 is 0. The number of fused-ring (bicyclic) bond motifs is 4. The molecule has 224 valence electrons. The van der Waals surface area contributed by atoms with E-state index in [0.29, 0.717) is 22.1 Å². The summed E-state index contributed by atoms with van der Waals surface area (Å²) in [5.74, 6) is 0.956. The summed E-state index contributed by atoms with van der Waals surface area (Å²) in [6.07, 6.45) is 6.67. The van der Waals surface area contributed by atoms with Gasteiger partial charge in [0.2, 0.25) is 0 Å². The van der Waals surface area contributed by atoms with Crippen molar-refractivity contribution in [1.29, 1.82) is 0 Å². The number of aromatic hydroxyl groups is 4. The summed E-state index contributed by atoms with van der Waals surface area (Å²) in [4.78, 5) is 16.1. The number of phenolic OH excluding ortho intramolecular Hbond substituents is 4. The van der Waals surface area contributed by atoms with Gasteiger partial charge in [0.05, 0.1) is 0 Å². The van der Waals surface area contributed by atoms with Crippen LogP contribution in [-0.4, -0.2) is 51.3 Å². The number of pyridine rings is 4. The molecular formula is C36H32N4O4Si. The van der Waals surface area contributed by atoms with Crippen LogP contribution in [0.15, 0.2) is 146 Å². The van der Waals surface area contributed by atoms with Crippen LogP contribution in [0.1, 0.15) is 0 Å². The third-order valence-corrected chi connectivity index (χ3v) is 6.45. The second kappa shape index (κ2) is 15.4. The lowest BCUT2D eigenvalue weighted by Crippen LogP contribution is -1.76. The van der Waals surface area contributed by atoms with Crippen molar-refractivity contribution in [3.05, 3.63) is 146 Å². The highest BCUT2D eigenvalue weighted by Gasteiger charge is 1.99. The molecule has 4 N–H and O–H groups in total. The SMILES string of the molecule is Oc1cccc2cccnc12.Oc1cccc2cccnc12.Oc1cccc2cccnc12.Oc1cccc2cccnc12.[SiH4]. The Morgan fingerprint density at radius 3 is 0.689 bits per heavy atom. The van der Waals surface area contributed by atoms with Crippen LogP contribution in [0.4, 0.5) is 0 Å². The van der Waals surface area contributed by atoms with Crippen molar-refractivity contribution in [2.45, 2.75) is 0 Å². The minimum atomic E-state index is 0. The van der Waals surface area contributed by atoms with Gasteiger partial charge in [-0.05, 0) is 59.5 Å². The quantitative estimate of drug-likeness (QED) is 0.147. The molecule has 0 fully saturated rings. The molecule has 4 aromatic carbocycles. The molecule has 4 heterocycles. The molecule has 45 heavy (non-hydrogen) atoms. The molecule has 0 radical (unpaired) electrons. The molecule has 9 heteroatoms. The first-order valence-electron chi connectivity index (χ1n) is 13.6. The van der Waals surface area contributed by atoms with Crippen molar-refractivity contribution < 1.29 is 20.4 Å². The van der Waals surface area contributed by atoms with Gasteiger partial charge in [0.1, 0.15) is 45.1 Å². The van der Waals surface area contributed by atoms with E-state index in [4.69, 9.17) is 0 Å². The first-order chi connectivity index (χ1) is 21.5. The molecule has 0 saturated heterocycles. The lowest BCUT2D eigenvalue weighted by Gasteiger charge is -1.96. The maximum Gasteiger partial charge on any atom is 0.141 e. The topological polar surface area (TPSA) is 132 Å². The second-order valence-corrected chi connectivity index (χ2v) is 9.41. The summed E-state index contributed by atoms with van der Waals surface area (Å²) in [5.41, 5.74) is 2.65. The van der Waals surface area contributed by atoms with E-state index in [-0.39, 0.29) is 34.0 Å². The minimum Gasteiger partial charge on any atom is -0.506 e. The third-order valence-electron chi connectivity index (χ3n) is 6.45. The van der Waals surface area contributed by atoms with Crippen molar-refractivity contribution in [2.24, 2.45) is 0 Å². The minimum absolute atomic E-state index is 0. The zero-order chi connectivity index (χ0) is 30.7. The summed E-state index contributed by atoms with van der Waals surface area (Å²) in [7, 11) is 0. The summed E-state index contributed by atoms with van der Waals surface area (Å²) in [5, 5.41) is 41.1. The van der Waals surface area contributed by atoms with Crippen molar-refractivity contribution in [1.82, 2.24) is 19.9 Å². The van der Waals surface area contributed by atoms with Crippen LogP contribution in [-0.2, 0) is 0 Å². The van der Waals surface area contributed by atoms with E-state index in [0.717, 1.165) is 21.5 Å². The average molecular weight is 613 g/mol. The van der Waals surface area contributed by atoms with Crippen LogP contribution in [0.25, 0.3) is 43.6 Å². The Morgan fingerprint density at radius 2 is 0.489 bits per heavy atom. The lowest BCUT2D eigenvalue weighted by molar-refractivity contribution is 0.480. The first-order valence-corrected chi connectivity index (χ1v) is 13.6. The number of para-hydroxylation sites is 4. The smallest absolute Gasteiger partial charge is 0.141 e. The molecule has 8 rings (SSSR count). The lowest BCUT2D eigenvalue weighted by atomic mass is 10.2. The molecule has 4 aromatic heterocycles. The van der Waals surface area contributed by atoms with Crippen LogP contribution in [0, 0.1) is 0 Å². The van der Waals surface area contributed by atoms with Gasteiger partial charge >= 0.3 is 0 Å². The molecule has 0 aliphatic carbocycles. The van der Waals surface area contributed by atoms with E-state index in [1.165, 1.54) is 0 Å². The highest BCUT2D eigenvalue weighted by atomic mass is 28.1. The largest absolute Gasteiger partial charge is 0.506 e. The van der Waals surface area contributed by atoms with Crippen molar-refractivity contribution in [2.75, 3.05) is 0 Å². The van der Waals surface area contributed by atoms with Crippen molar-refractivity contribution in [3.8, 4) is 23.0 Å². The number of hydrogen-bond acceptors (Lipinski definition) is 8. The van der Waals surface area contributed by atoms with Gasteiger partial charge in [-0.15, -0.1) is 0 Å². The molecule has 0 aliphatic heterocycles. The Labute approximate surface area is 263 Å². The molecule has 8 nitrogen and oxygen atoms in total. The van der Waals surface area contributed by atoms with E-state index in [1.54, 1.807) is 73.3 Å². The molecular weight excluding hydrogens is 581 g/mol. The monoisotopic (exact) mass is 612 g/mol. The Hall–Kier alpha value is -6.06.